The van der Waals surface area contributed by atoms with E-state index in [1.54, 1.807) is 13.0 Å². The third-order valence-corrected chi connectivity index (χ3v) is 4.57. The molecule has 0 saturated heterocycles. The molecule has 88 valence electrons. The third-order valence-electron chi connectivity index (χ3n) is 2.62. The van der Waals surface area contributed by atoms with Crippen LogP contribution in [0, 0.1) is 0 Å². The maximum absolute atomic E-state index is 11.8. The number of methoxy groups -OCH3 is 1. The molecule has 0 heterocycles. The minimum absolute atomic E-state index is 0.152. The van der Waals surface area contributed by atoms with Gasteiger partial charge in [0.25, 0.3) is 0 Å². The normalized spacial score (nSPS) is 20.9. The molecule has 1 aliphatic carbocycles. The fraction of sp³-hybridized carbons (Fsp3) is 0.800. The quantitative estimate of drug-likeness (QED) is 0.669. The van der Waals surface area contributed by atoms with Gasteiger partial charge in [0.2, 0.25) is 10.0 Å². The van der Waals surface area contributed by atoms with Crippen molar-refractivity contribution in [3.63, 3.8) is 0 Å². The monoisotopic (exact) mass is 233 g/mol. The van der Waals surface area contributed by atoms with E-state index in [9.17, 15) is 8.42 Å². The van der Waals surface area contributed by atoms with Crippen molar-refractivity contribution in [2.45, 2.75) is 43.6 Å². The van der Waals surface area contributed by atoms with E-state index >= 15 is 0 Å². The summed E-state index contributed by atoms with van der Waals surface area (Å²) in [6, 6.07) is 0.152. The van der Waals surface area contributed by atoms with Gasteiger partial charge in [-0.2, -0.15) is 0 Å². The van der Waals surface area contributed by atoms with E-state index in [0.717, 1.165) is 12.8 Å². The average molecular weight is 233 g/mol. The molecule has 2 atom stereocenters. The molecule has 15 heavy (non-hydrogen) atoms. The first kappa shape index (κ1) is 12.7. The van der Waals surface area contributed by atoms with E-state index in [1.165, 1.54) is 7.11 Å². The Bertz CT molecular complexity index is 309. The van der Waals surface area contributed by atoms with Crippen LogP contribution >= 0.6 is 0 Å². The number of hydrogen-bond donors (Lipinski definition) is 1. The standard InChI is InChI=1S/C10H19NO3S/c1-4-5-10(14-3)8(2)15(12,13)11-9-6-7-9/h4,8-11H,1,5-7H2,2-3H3/t8-,10-/m1/s1. The highest BCUT2D eigenvalue weighted by Crippen LogP contribution is 2.22. The number of rotatable bonds is 7. The Morgan fingerprint density at radius 2 is 2.20 bits per heavy atom. The van der Waals surface area contributed by atoms with Gasteiger partial charge in [0.1, 0.15) is 0 Å². The van der Waals surface area contributed by atoms with Gasteiger partial charge in [-0.25, -0.2) is 13.1 Å². The van der Waals surface area contributed by atoms with Crippen LogP contribution in [0.2, 0.25) is 0 Å². The van der Waals surface area contributed by atoms with Crippen molar-refractivity contribution >= 4 is 10.0 Å². The van der Waals surface area contributed by atoms with Crippen molar-refractivity contribution < 1.29 is 13.2 Å². The molecular weight excluding hydrogens is 214 g/mol. The SMILES string of the molecule is C=CC[C@@H](OC)[C@@H](C)S(=O)(=O)NC1CC1. The van der Waals surface area contributed by atoms with Crippen molar-refractivity contribution in [3.8, 4) is 0 Å². The molecule has 4 nitrogen and oxygen atoms in total. The van der Waals surface area contributed by atoms with Gasteiger partial charge >= 0.3 is 0 Å². The molecule has 1 rings (SSSR count). The third kappa shape index (κ3) is 3.59. The van der Waals surface area contributed by atoms with Gasteiger partial charge in [0.05, 0.1) is 11.4 Å². The molecule has 0 radical (unpaired) electrons. The van der Waals surface area contributed by atoms with Gasteiger partial charge in [0, 0.05) is 13.2 Å². The molecule has 0 bridgehead atoms. The topological polar surface area (TPSA) is 55.4 Å². The number of ether oxygens (including phenoxy) is 1. The molecule has 0 aliphatic heterocycles. The Kier molecular flexibility index (Phi) is 4.31. The summed E-state index contributed by atoms with van der Waals surface area (Å²) in [7, 11) is -1.73. The number of hydrogen-bond acceptors (Lipinski definition) is 3. The Hall–Kier alpha value is -0.390. The van der Waals surface area contributed by atoms with Gasteiger partial charge in [-0.1, -0.05) is 6.08 Å². The molecule has 1 saturated carbocycles. The minimum atomic E-state index is -3.25. The van der Waals surface area contributed by atoms with E-state index < -0.39 is 15.3 Å². The van der Waals surface area contributed by atoms with Crippen molar-refractivity contribution in [1.82, 2.24) is 4.72 Å². The number of nitrogens with one attached hydrogen (secondary N) is 1. The van der Waals surface area contributed by atoms with Gasteiger partial charge < -0.3 is 4.74 Å². The van der Waals surface area contributed by atoms with Crippen LogP contribution in [0.3, 0.4) is 0 Å². The predicted octanol–water partition coefficient (Wildman–Crippen LogP) is 1.05. The Morgan fingerprint density at radius 3 is 2.60 bits per heavy atom. The second-order valence-corrected chi connectivity index (χ2v) is 6.01. The highest BCUT2D eigenvalue weighted by molar-refractivity contribution is 7.90. The lowest BCUT2D eigenvalue weighted by Gasteiger charge is -2.21. The summed E-state index contributed by atoms with van der Waals surface area (Å²) in [6.45, 7) is 5.26. The van der Waals surface area contributed by atoms with E-state index in [-0.39, 0.29) is 12.1 Å². The van der Waals surface area contributed by atoms with Gasteiger partial charge in [-0.3, -0.25) is 0 Å². The first-order valence-electron chi connectivity index (χ1n) is 5.16. The predicted molar refractivity (Wildman–Crippen MR) is 60.2 cm³/mol. The van der Waals surface area contributed by atoms with Crippen LogP contribution in [0.4, 0.5) is 0 Å². The van der Waals surface area contributed by atoms with Crippen LogP contribution in [-0.4, -0.2) is 32.9 Å². The van der Waals surface area contributed by atoms with Crippen LogP contribution in [0.15, 0.2) is 12.7 Å². The van der Waals surface area contributed by atoms with Crippen LogP contribution in [0.25, 0.3) is 0 Å². The highest BCUT2D eigenvalue weighted by Gasteiger charge is 2.34. The molecule has 5 heteroatoms. The van der Waals surface area contributed by atoms with Crippen LogP contribution in [0.1, 0.15) is 26.2 Å². The summed E-state index contributed by atoms with van der Waals surface area (Å²) in [6.07, 6.45) is 3.80. The van der Waals surface area contributed by atoms with E-state index in [0.29, 0.717) is 6.42 Å². The second-order valence-electron chi connectivity index (χ2n) is 3.94. The first-order valence-corrected chi connectivity index (χ1v) is 6.70. The summed E-state index contributed by atoms with van der Waals surface area (Å²) >= 11 is 0. The van der Waals surface area contributed by atoms with Crippen molar-refractivity contribution in [1.29, 1.82) is 0 Å². The Balaban J connectivity index is 2.61. The maximum Gasteiger partial charge on any atom is 0.217 e. The fourth-order valence-electron chi connectivity index (χ4n) is 1.38. The fourth-order valence-corrected chi connectivity index (χ4v) is 2.92. The summed E-state index contributed by atoms with van der Waals surface area (Å²) in [5.74, 6) is 0. The molecule has 1 N–H and O–H groups in total. The molecule has 1 aliphatic rings. The lowest BCUT2D eigenvalue weighted by atomic mass is 10.2. The molecule has 0 aromatic rings. The molecular formula is C10H19NO3S. The lowest BCUT2D eigenvalue weighted by Crippen LogP contribution is -2.41. The van der Waals surface area contributed by atoms with Crippen LogP contribution in [-0.2, 0) is 14.8 Å². The summed E-state index contributed by atoms with van der Waals surface area (Å²) in [4.78, 5) is 0. The highest BCUT2D eigenvalue weighted by atomic mass is 32.2. The van der Waals surface area contributed by atoms with Crippen molar-refractivity contribution in [2.75, 3.05) is 7.11 Å². The molecule has 0 unspecified atom stereocenters. The minimum Gasteiger partial charge on any atom is -0.380 e. The molecule has 0 spiro atoms. The summed E-state index contributed by atoms with van der Waals surface area (Å²) in [5.41, 5.74) is 0. The summed E-state index contributed by atoms with van der Waals surface area (Å²) < 4.78 is 31.5. The first-order chi connectivity index (χ1) is 7.01. The van der Waals surface area contributed by atoms with Gasteiger partial charge in [-0.05, 0) is 26.2 Å². The average Bonchev–Trinajstić information content (AvgIpc) is 2.96. The van der Waals surface area contributed by atoms with Crippen LogP contribution < -0.4 is 4.72 Å². The van der Waals surface area contributed by atoms with Crippen molar-refractivity contribution in [3.05, 3.63) is 12.7 Å². The van der Waals surface area contributed by atoms with Crippen LogP contribution in [0.5, 0.6) is 0 Å². The zero-order chi connectivity index (χ0) is 11.5. The van der Waals surface area contributed by atoms with E-state index in [2.05, 4.69) is 11.3 Å². The zero-order valence-electron chi connectivity index (χ0n) is 9.27. The molecule has 0 aromatic carbocycles. The van der Waals surface area contributed by atoms with Gasteiger partial charge in [0.15, 0.2) is 0 Å². The van der Waals surface area contributed by atoms with Gasteiger partial charge in [-0.15, -0.1) is 6.58 Å². The smallest absolute Gasteiger partial charge is 0.217 e. The molecule has 0 aromatic heterocycles. The second kappa shape index (κ2) is 5.09. The number of sulfonamides is 1. The van der Waals surface area contributed by atoms with E-state index in [4.69, 9.17) is 4.74 Å². The summed E-state index contributed by atoms with van der Waals surface area (Å²) in [5, 5.41) is -0.541. The van der Waals surface area contributed by atoms with E-state index in [1.807, 2.05) is 0 Å². The molecule has 1 fully saturated rings. The Labute approximate surface area is 91.8 Å². The molecule has 0 amide bonds. The lowest BCUT2D eigenvalue weighted by molar-refractivity contribution is 0.104. The maximum atomic E-state index is 11.8. The largest absolute Gasteiger partial charge is 0.380 e. The zero-order valence-corrected chi connectivity index (χ0v) is 10.1. The van der Waals surface area contributed by atoms with Crippen molar-refractivity contribution in [2.24, 2.45) is 0 Å². The Morgan fingerprint density at radius 1 is 1.60 bits per heavy atom.